The SMILES string of the molecule is Cc1cccc2c1OC[N+](c1cccnc1)=C2. The van der Waals surface area contributed by atoms with Crippen LogP contribution in [0.2, 0.25) is 0 Å². The van der Waals surface area contributed by atoms with Gasteiger partial charge in [-0.2, -0.15) is 4.58 Å². The van der Waals surface area contributed by atoms with Crippen LogP contribution in [0.4, 0.5) is 5.69 Å². The van der Waals surface area contributed by atoms with E-state index in [0.29, 0.717) is 6.73 Å². The van der Waals surface area contributed by atoms with Crippen molar-refractivity contribution in [1.29, 1.82) is 0 Å². The Labute approximate surface area is 100 Å². The molecule has 0 saturated heterocycles. The van der Waals surface area contributed by atoms with Crippen molar-refractivity contribution >= 4 is 11.9 Å². The van der Waals surface area contributed by atoms with E-state index >= 15 is 0 Å². The van der Waals surface area contributed by atoms with Crippen LogP contribution < -0.4 is 4.74 Å². The van der Waals surface area contributed by atoms with Gasteiger partial charge in [-0.05, 0) is 24.6 Å². The van der Waals surface area contributed by atoms with Gasteiger partial charge in [0.2, 0.25) is 5.69 Å². The lowest BCUT2D eigenvalue weighted by atomic mass is 10.1. The lowest BCUT2D eigenvalue weighted by Crippen LogP contribution is -2.21. The molecule has 2 aromatic rings. The monoisotopic (exact) mass is 225 g/mol. The van der Waals surface area contributed by atoms with E-state index in [1.54, 1.807) is 6.20 Å². The molecule has 1 aliphatic heterocycles. The number of rotatable bonds is 1. The van der Waals surface area contributed by atoms with Crippen molar-refractivity contribution < 1.29 is 9.31 Å². The Morgan fingerprint density at radius 1 is 1.24 bits per heavy atom. The highest BCUT2D eigenvalue weighted by Gasteiger charge is 2.19. The van der Waals surface area contributed by atoms with E-state index in [1.165, 1.54) is 5.56 Å². The Kier molecular flexibility index (Phi) is 2.37. The molecule has 84 valence electrons. The van der Waals surface area contributed by atoms with Gasteiger partial charge in [0.05, 0.1) is 11.8 Å². The highest BCUT2D eigenvalue weighted by atomic mass is 16.5. The van der Waals surface area contributed by atoms with Gasteiger partial charge >= 0.3 is 0 Å². The van der Waals surface area contributed by atoms with E-state index in [1.807, 2.05) is 24.4 Å². The van der Waals surface area contributed by atoms with Gasteiger partial charge in [-0.1, -0.05) is 12.1 Å². The molecule has 17 heavy (non-hydrogen) atoms. The molecule has 0 saturated carbocycles. The number of hydrogen-bond acceptors (Lipinski definition) is 2. The predicted octanol–water partition coefficient (Wildman–Crippen LogP) is 2.50. The summed E-state index contributed by atoms with van der Waals surface area (Å²) in [5.41, 5.74) is 3.32. The molecule has 0 bridgehead atoms. The maximum Gasteiger partial charge on any atom is 0.292 e. The van der Waals surface area contributed by atoms with Crippen LogP contribution in [0, 0.1) is 6.92 Å². The average molecular weight is 225 g/mol. The van der Waals surface area contributed by atoms with Crippen LogP contribution in [-0.2, 0) is 0 Å². The molecule has 0 radical (unpaired) electrons. The van der Waals surface area contributed by atoms with Crippen molar-refractivity contribution in [3.63, 3.8) is 0 Å². The molecule has 0 spiro atoms. The molecule has 0 amide bonds. The maximum absolute atomic E-state index is 5.79. The second-order valence-electron chi connectivity index (χ2n) is 4.08. The highest BCUT2D eigenvalue weighted by Crippen LogP contribution is 2.25. The molecule has 3 rings (SSSR count). The molecule has 1 aromatic heterocycles. The van der Waals surface area contributed by atoms with Crippen molar-refractivity contribution in [2.24, 2.45) is 0 Å². The van der Waals surface area contributed by atoms with Gasteiger partial charge < -0.3 is 4.74 Å². The Bertz CT molecular complexity index is 576. The first-order chi connectivity index (χ1) is 8.34. The van der Waals surface area contributed by atoms with Gasteiger partial charge in [-0.3, -0.25) is 4.98 Å². The third-order valence-electron chi connectivity index (χ3n) is 2.86. The smallest absolute Gasteiger partial charge is 0.292 e. The van der Waals surface area contributed by atoms with E-state index < -0.39 is 0 Å². The number of pyridine rings is 1. The van der Waals surface area contributed by atoms with Gasteiger partial charge in [0.1, 0.15) is 5.75 Å². The fraction of sp³-hybridized carbons (Fsp3) is 0.143. The van der Waals surface area contributed by atoms with Crippen molar-refractivity contribution in [2.75, 3.05) is 6.73 Å². The van der Waals surface area contributed by atoms with Crippen molar-refractivity contribution in [3.05, 3.63) is 53.9 Å². The van der Waals surface area contributed by atoms with E-state index in [-0.39, 0.29) is 0 Å². The van der Waals surface area contributed by atoms with Crippen LogP contribution in [-0.4, -0.2) is 22.5 Å². The van der Waals surface area contributed by atoms with Gasteiger partial charge in [0, 0.05) is 12.3 Å². The maximum atomic E-state index is 5.79. The van der Waals surface area contributed by atoms with Crippen molar-refractivity contribution in [1.82, 2.24) is 4.98 Å². The van der Waals surface area contributed by atoms with E-state index in [4.69, 9.17) is 4.74 Å². The quantitative estimate of drug-likeness (QED) is 0.697. The molecular formula is C14H13N2O+. The molecule has 0 N–H and O–H groups in total. The molecule has 3 nitrogen and oxygen atoms in total. The van der Waals surface area contributed by atoms with Gasteiger partial charge in [0.15, 0.2) is 6.21 Å². The summed E-state index contributed by atoms with van der Waals surface area (Å²) in [6.45, 7) is 2.59. The summed E-state index contributed by atoms with van der Waals surface area (Å²) in [6.07, 6.45) is 5.70. The average Bonchev–Trinajstić information content (AvgIpc) is 2.40. The van der Waals surface area contributed by atoms with Gasteiger partial charge in [-0.15, -0.1) is 0 Å². The van der Waals surface area contributed by atoms with E-state index in [9.17, 15) is 0 Å². The normalized spacial score (nSPS) is 13.6. The third-order valence-corrected chi connectivity index (χ3v) is 2.86. The summed E-state index contributed by atoms with van der Waals surface area (Å²) in [5.74, 6) is 0.979. The number of fused-ring (bicyclic) bond motifs is 1. The number of hydrogen-bond donors (Lipinski definition) is 0. The molecule has 2 heterocycles. The third kappa shape index (κ3) is 1.80. The minimum Gasteiger partial charge on any atom is -0.435 e. The zero-order valence-electron chi connectivity index (χ0n) is 9.63. The van der Waals surface area contributed by atoms with Crippen LogP contribution in [0.5, 0.6) is 5.75 Å². The Morgan fingerprint density at radius 2 is 2.18 bits per heavy atom. The minimum atomic E-state index is 0.531. The fourth-order valence-electron chi connectivity index (χ4n) is 1.99. The second-order valence-corrected chi connectivity index (χ2v) is 4.08. The molecule has 1 aromatic carbocycles. The molecule has 0 fully saturated rings. The topological polar surface area (TPSA) is 25.1 Å². The molecule has 0 atom stereocenters. The summed E-state index contributed by atoms with van der Waals surface area (Å²) in [4.78, 5) is 4.12. The van der Waals surface area contributed by atoms with Crippen LogP contribution in [0.25, 0.3) is 0 Å². The Balaban J connectivity index is 2.07. The van der Waals surface area contributed by atoms with Crippen LogP contribution >= 0.6 is 0 Å². The lowest BCUT2D eigenvalue weighted by Gasteiger charge is -2.14. The highest BCUT2D eigenvalue weighted by molar-refractivity contribution is 5.82. The number of ether oxygens (including phenoxy) is 1. The Hall–Kier alpha value is -2.16. The van der Waals surface area contributed by atoms with Crippen molar-refractivity contribution in [2.45, 2.75) is 6.92 Å². The van der Waals surface area contributed by atoms with Gasteiger partial charge in [-0.25, -0.2) is 0 Å². The zero-order chi connectivity index (χ0) is 11.7. The molecule has 1 aliphatic rings. The number of aromatic nitrogens is 1. The number of nitrogens with zero attached hydrogens (tertiary/aromatic N) is 2. The largest absolute Gasteiger partial charge is 0.435 e. The van der Waals surface area contributed by atoms with E-state index in [0.717, 1.165) is 17.0 Å². The predicted molar refractivity (Wildman–Crippen MR) is 66.0 cm³/mol. The lowest BCUT2D eigenvalue weighted by molar-refractivity contribution is -0.476. The Morgan fingerprint density at radius 3 is 3.00 bits per heavy atom. The molecular weight excluding hydrogens is 212 g/mol. The summed E-state index contributed by atoms with van der Waals surface area (Å²) in [5, 5.41) is 0. The van der Waals surface area contributed by atoms with Crippen LogP contribution in [0.3, 0.4) is 0 Å². The second kappa shape index (κ2) is 4.01. The molecule has 0 aliphatic carbocycles. The first kappa shape index (κ1) is 10.0. The summed E-state index contributed by atoms with van der Waals surface area (Å²) >= 11 is 0. The summed E-state index contributed by atoms with van der Waals surface area (Å²) in [6, 6.07) is 10.1. The first-order valence-electron chi connectivity index (χ1n) is 5.58. The molecule has 0 unspecified atom stereocenters. The minimum absolute atomic E-state index is 0.531. The fourth-order valence-corrected chi connectivity index (χ4v) is 1.99. The standard InChI is InChI=1S/C14H13N2O/c1-11-4-2-5-12-9-16(10-17-14(11)12)13-6-3-7-15-8-13/h2-9H,10H2,1H3/q+1. The van der Waals surface area contributed by atoms with Gasteiger partial charge in [0.25, 0.3) is 6.73 Å². The van der Waals surface area contributed by atoms with Crippen molar-refractivity contribution in [3.8, 4) is 5.75 Å². The number of para-hydroxylation sites is 1. The van der Waals surface area contributed by atoms with E-state index in [2.05, 4.69) is 34.8 Å². The number of benzene rings is 1. The van der Waals surface area contributed by atoms with Crippen LogP contribution in [0.1, 0.15) is 11.1 Å². The summed E-state index contributed by atoms with van der Waals surface area (Å²) in [7, 11) is 0. The number of aryl methyl sites for hydroxylation is 1. The summed E-state index contributed by atoms with van der Waals surface area (Å²) < 4.78 is 7.84. The first-order valence-corrected chi connectivity index (χ1v) is 5.58. The van der Waals surface area contributed by atoms with Crippen LogP contribution in [0.15, 0.2) is 42.7 Å². The zero-order valence-corrected chi connectivity index (χ0v) is 9.63. The molecule has 3 heteroatoms.